The third kappa shape index (κ3) is 3.46. The number of amides is 3. The molecular weight excluding hydrogens is 296 g/mol. The zero-order valence-electron chi connectivity index (χ0n) is 11.5. The predicted octanol–water partition coefficient (Wildman–Crippen LogP) is 3.15. The molecule has 0 atom stereocenters. The number of rotatable bonds is 5. The van der Waals surface area contributed by atoms with Crippen molar-refractivity contribution in [1.29, 1.82) is 0 Å². The lowest BCUT2D eigenvalue weighted by Gasteiger charge is -2.15. The molecule has 1 saturated heterocycles. The number of carbonyl (C=O) groups excluding carboxylic acids is 2. The van der Waals surface area contributed by atoms with Gasteiger partial charge < -0.3 is 5.32 Å². The molecule has 1 aromatic carbocycles. The van der Waals surface area contributed by atoms with Crippen LogP contribution in [0.2, 0.25) is 5.02 Å². The Kier molecular flexibility index (Phi) is 4.60. The second-order valence-electron chi connectivity index (χ2n) is 5.17. The predicted molar refractivity (Wildman–Crippen MR) is 81.1 cm³/mol. The average Bonchev–Trinajstić information content (AvgIpc) is 2.56. The van der Waals surface area contributed by atoms with Gasteiger partial charge in [-0.05, 0) is 44.2 Å². The molecule has 2 rings (SSSR count). The molecule has 0 aliphatic carbocycles. The summed E-state index contributed by atoms with van der Waals surface area (Å²) in [6.07, 6.45) is 0.756. The molecule has 0 spiro atoms. The van der Waals surface area contributed by atoms with Gasteiger partial charge in [0.25, 0.3) is 5.91 Å². The number of hydrogen-bond donors (Lipinski definition) is 1. The highest BCUT2D eigenvalue weighted by Crippen LogP contribution is 2.23. The van der Waals surface area contributed by atoms with Crippen molar-refractivity contribution in [3.63, 3.8) is 0 Å². The molecule has 4 nitrogen and oxygen atoms in total. The first-order valence-corrected chi connectivity index (χ1v) is 7.79. The minimum absolute atomic E-state index is 0.157. The van der Waals surface area contributed by atoms with Crippen LogP contribution in [-0.4, -0.2) is 34.7 Å². The largest absolute Gasteiger partial charge is 0.325 e. The van der Waals surface area contributed by atoms with Crippen molar-refractivity contribution >= 4 is 35.3 Å². The van der Waals surface area contributed by atoms with E-state index in [0.29, 0.717) is 11.6 Å². The molecule has 1 heterocycles. The first-order valence-electron chi connectivity index (χ1n) is 6.42. The van der Waals surface area contributed by atoms with Crippen molar-refractivity contribution in [3.8, 4) is 0 Å². The maximum absolute atomic E-state index is 12.0. The van der Waals surface area contributed by atoms with E-state index in [9.17, 15) is 9.59 Å². The zero-order chi connectivity index (χ0) is 14.8. The van der Waals surface area contributed by atoms with E-state index in [1.165, 1.54) is 4.90 Å². The Bertz CT molecular complexity index is 534. The van der Waals surface area contributed by atoms with Crippen molar-refractivity contribution in [3.05, 3.63) is 29.3 Å². The van der Waals surface area contributed by atoms with Crippen LogP contribution in [0.15, 0.2) is 29.2 Å². The monoisotopic (exact) mass is 312 g/mol. The van der Waals surface area contributed by atoms with Gasteiger partial charge in [-0.1, -0.05) is 17.7 Å². The first kappa shape index (κ1) is 15.2. The van der Waals surface area contributed by atoms with Crippen molar-refractivity contribution in [2.24, 2.45) is 0 Å². The highest BCUT2D eigenvalue weighted by molar-refractivity contribution is 7.99. The van der Waals surface area contributed by atoms with Crippen LogP contribution < -0.4 is 5.32 Å². The van der Waals surface area contributed by atoms with Crippen molar-refractivity contribution in [2.75, 3.05) is 12.3 Å². The van der Waals surface area contributed by atoms with Gasteiger partial charge in [-0.2, -0.15) is 0 Å². The fourth-order valence-corrected chi connectivity index (χ4v) is 3.14. The number of benzene rings is 1. The molecule has 0 bridgehead atoms. The Balaban J connectivity index is 1.79. The summed E-state index contributed by atoms with van der Waals surface area (Å²) >= 11 is 7.58. The quantitative estimate of drug-likeness (QED) is 0.516. The second kappa shape index (κ2) is 6.06. The molecule has 3 amide bonds. The van der Waals surface area contributed by atoms with E-state index in [4.69, 9.17) is 11.6 Å². The summed E-state index contributed by atoms with van der Waals surface area (Å²) in [6.45, 7) is 3.88. The van der Waals surface area contributed by atoms with E-state index < -0.39 is 5.54 Å². The second-order valence-corrected chi connectivity index (χ2v) is 6.78. The summed E-state index contributed by atoms with van der Waals surface area (Å²) in [4.78, 5) is 26.0. The molecular formula is C14H17ClN2O2S. The van der Waals surface area contributed by atoms with Crippen LogP contribution in [-0.2, 0) is 4.79 Å². The molecule has 1 aliphatic rings. The summed E-state index contributed by atoms with van der Waals surface area (Å²) in [5, 5.41) is 3.39. The van der Waals surface area contributed by atoms with E-state index in [0.717, 1.165) is 17.1 Å². The van der Waals surface area contributed by atoms with Crippen LogP contribution in [0.25, 0.3) is 0 Å². The Morgan fingerprint density at radius 1 is 1.35 bits per heavy atom. The van der Waals surface area contributed by atoms with Gasteiger partial charge in [0.1, 0.15) is 5.54 Å². The van der Waals surface area contributed by atoms with E-state index >= 15 is 0 Å². The van der Waals surface area contributed by atoms with Gasteiger partial charge in [-0.15, -0.1) is 11.8 Å². The fraction of sp³-hybridized carbons (Fsp3) is 0.429. The lowest BCUT2D eigenvalue weighted by atomic mass is 10.1. The van der Waals surface area contributed by atoms with Gasteiger partial charge in [-0.25, -0.2) is 4.79 Å². The summed E-state index contributed by atoms with van der Waals surface area (Å²) in [5.41, 5.74) is -0.781. The molecule has 6 heteroatoms. The Hall–Kier alpha value is -1.20. The van der Waals surface area contributed by atoms with Gasteiger partial charge in [0.05, 0.1) is 0 Å². The van der Waals surface area contributed by atoms with Gasteiger partial charge in [-0.3, -0.25) is 9.69 Å². The maximum atomic E-state index is 12.0. The number of imide groups is 1. The number of nitrogens with zero attached hydrogens (tertiary/aromatic N) is 1. The first-order chi connectivity index (χ1) is 9.40. The molecule has 1 N–H and O–H groups in total. The third-order valence-electron chi connectivity index (χ3n) is 3.04. The van der Waals surface area contributed by atoms with Crippen molar-refractivity contribution in [1.82, 2.24) is 10.2 Å². The number of nitrogens with one attached hydrogen (secondary N) is 1. The lowest BCUT2D eigenvalue weighted by Crippen LogP contribution is -2.40. The highest BCUT2D eigenvalue weighted by Gasteiger charge is 2.43. The highest BCUT2D eigenvalue weighted by atomic mass is 35.5. The van der Waals surface area contributed by atoms with Crippen LogP contribution in [0.4, 0.5) is 4.79 Å². The number of thioether (sulfide) groups is 1. The van der Waals surface area contributed by atoms with Gasteiger partial charge in [0.15, 0.2) is 0 Å². The molecule has 0 unspecified atom stereocenters. The summed E-state index contributed by atoms with van der Waals surface area (Å²) in [7, 11) is 0. The minimum Gasteiger partial charge on any atom is -0.324 e. The normalized spacial score (nSPS) is 17.4. The molecule has 1 aromatic rings. The number of hydrogen-bond acceptors (Lipinski definition) is 3. The Morgan fingerprint density at radius 3 is 2.70 bits per heavy atom. The van der Waals surface area contributed by atoms with Crippen molar-refractivity contribution in [2.45, 2.75) is 30.7 Å². The topological polar surface area (TPSA) is 49.4 Å². The summed E-state index contributed by atoms with van der Waals surface area (Å²) in [6, 6.07) is 7.34. The SMILES string of the molecule is CC1(C)NC(=O)N(CCCSc2cccc(Cl)c2)C1=O. The van der Waals surface area contributed by atoms with Gasteiger partial charge in [0.2, 0.25) is 0 Å². The van der Waals surface area contributed by atoms with E-state index in [-0.39, 0.29) is 11.9 Å². The Labute approximate surface area is 127 Å². The molecule has 0 radical (unpaired) electrons. The van der Waals surface area contributed by atoms with Crippen LogP contribution >= 0.6 is 23.4 Å². The summed E-state index contributed by atoms with van der Waals surface area (Å²) in [5.74, 6) is 0.674. The van der Waals surface area contributed by atoms with E-state index in [1.807, 2.05) is 24.3 Å². The lowest BCUT2D eigenvalue weighted by molar-refractivity contribution is -0.130. The molecule has 108 valence electrons. The molecule has 1 aliphatic heterocycles. The smallest absolute Gasteiger partial charge is 0.324 e. The molecule has 0 aromatic heterocycles. The fourth-order valence-electron chi connectivity index (χ4n) is 1.99. The molecule has 0 saturated carbocycles. The maximum Gasteiger partial charge on any atom is 0.325 e. The molecule has 1 fully saturated rings. The minimum atomic E-state index is -0.781. The van der Waals surface area contributed by atoms with E-state index in [1.54, 1.807) is 25.6 Å². The third-order valence-corrected chi connectivity index (χ3v) is 4.35. The summed E-state index contributed by atoms with van der Waals surface area (Å²) < 4.78 is 0. The average molecular weight is 313 g/mol. The standard InChI is InChI=1S/C14H17ClN2O2S/c1-14(2)12(18)17(13(19)16-14)7-4-8-20-11-6-3-5-10(15)9-11/h3,5-6,9H,4,7-8H2,1-2H3,(H,16,19). The van der Waals surface area contributed by atoms with Crippen LogP contribution in [0.3, 0.4) is 0 Å². The van der Waals surface area contributed by atoms with E-state index in [2.05, 4.69) is 5.32 Å². The van der Waals surface area contributed by atoms with Crippen molar-refractivity contribution < 1.29 is 9.59 Å². The van der Waals surface area contributed by atoms with Gasteiger partial charge >= 0.3 is 6.03 Å². The van der Waals surface area contributed by atoms with Crippen LogP contribution in [0.5, 0.6) is 0 Å². The van der Waals surface area contributed by atoms with Crippen LogP contribution in [0, 0.1) is 0 Å². The number of halogens is 1. The Morgan fingerprint density at radius 2 is 2.10 bits per heavy atom. The zero-order valence-corrected chi connectivity index (χ0v) is 13.1. The number of carbonyl (C=O) groups is 2. The number of urea groups is 1. The van der Waals surface area contributed by atoms with Crippen LogP contribution in [0.1, 0.15) is 20.3 Å². The molecule has 20 heavy (non-hydrogen) atoms. The van der Waals surface area contributed by atoms with Gasteiger partial charge in [0, 0.05) is 16.5 Å².